The number of thiazole rings is 1. The summed E-state index contributed by atoms with van der Waals surface area (Å²) in [5, 5.41) is 0.825. The van der Waals surface area contributed by atoms with Crippen LogP contribution in [0, 0.1) is 5.92 Å². The van der Waals surface area contributed by atoms with Crippen LogP contribution in [0.3, 0.4) is 0 Å². The topological polar surface area (TPSA) is 45.7 Å². The van der Waals surface area contributed by atoms with Gasteiger partial charge in [-0.25, -0.2) is 4.98 Å². The van der Waals surface area contributed by atoms with Crippen molar-refractivity contribution >= 4 is 17.2 Å². The molecule has 3 fully saturated rings. The Bertz CT molecular complexity index is 630. The minimum absolute atomic E-state index is 0.312. The van der Waals surface area contributed by atoms with E-state index in [2.05, 4.69) is 4.90 Å². The number of piperidine rings is 1. The molecule has 2 saturated carbocycles. The molecule has 1 saturated heterocycles. The van der Waals surface area contributed by atoms with Gasteiger partial charge in [0.25, 0.3) is 5.19 Å². The van der Waals surface area contributed by atoms with Crippen LogP contribution >= 0.6 is 11.3 Å². The van der Waals surface area contributed by atoms with Crippen LogP contribution in [0.5, 0.6) is 5.19 Å². The molecule has 3 heterocycles. The fourth-order valence-corrected chi connectivity index (χ4v) is 4.98. The Hall–Kier alpha value is -1.14. The van der Waals surface area contributed by atoms with E-state index in [0.29, 0.717) is 17.9 Å². The van der Waals surface area contributed by atoms with E-state index in [1.165, 1.54) is 30.8 Å². The number of likely N-dealkylation sites (tertiary alicyclic amines) is 1. The molecule has 1 aromatic rings. The van der Waals surface area contributed by atoms with E-state index < -0.39 is 0 Å². The first kappa shape index (κ1) is 15.1. The third-order valence-electron chi connectivity index (χ3n) is 5.76. The van der Waals surface area contributed by atoms with Crippen molar-refractivity contribution in [3.8, 4) is 5.19 Å². The molecule has 5 nitrogen and oxygen atoms in total. The van der Waals surface area contributed by atoms with Crippen molar-refractivity contribution < 1.29 is 9.53 Å². The van der Waals surface area contributed by atoms with Crippen molar-refractivity contribution in [3.05, 3.63) is 10.6 Å². The Morgan fingerprint density at radius 3 is 2.58 bits per heavy atom. The molecule has 0 aromatic carbocycles. The van der Waals surface area contributed by atoms with Crippen LogP contribution in [0.25, 0.3) is 0 Å². The highest BCUT2D eigenvalue weighted by molar-refractivity contribution is 7.13. The molecule has 130 valence electrons. The zero-order valence-corrected chi connectivity index (χ0v) is 14.9. The van der Waals surface area contributed by atoms with E-state index in [9.17, 15) is 4.79 Å². The van der Waals surface area contributed by atoms with Crippen molar-refractivity contribution in [1.82, 2.24) is 14.8 Å². The molecule has 0 radical (unpaired) electrons. The van der Waals surface area contributed by atoms with Gasteiger partial charge in [0, 0.05) is 38.0 Å². The summed E-state index contributed by atoms with van der Waals surface area (Å²) in [5.41, 5.74) is 1.16. The molecule has 6 heteroatoms. The highest BCUT2D eigenvalue weighted by atomic mass is 32.1. The highest BCUT2D eigenvalue weighted by Gasteiger charge is 2.36. The number of carbonyl (C=O) groups is 1. The first-order valence-electron chi connectivity index (χ1n) is 9.44. The maximum atomic E-state index is 12.3. The minimum Gasteiger partial charge on any atom is -0.467 e. The molecule has 2 aliphatic heterocycles. The van der Waals surface area contributed by atoms with Crippen LogP contribution in [-0.2, 0) is 17.8 Å². The molecular weight excluding hydrogens is 322 g/mol. The Balaban J connectivity index is 1.19. The first-order valence-corrected chi connectivity index (χ1v) is 10.3. The molecule has 0 unspecified atom stereocenters. The van der Waals surface area contributed by atoms with Gasteiger partial charge < -0.3 is 14.5 Å². The van der Waals surface area contributed by atoms with Gasteiger partial charge in [0.05, 0.1) is 17.1 Å². The summed E-state index contributed by atoms with van der Waals surface area (Å²) < 4.78 is 6.19. The lowest BCUT2D eigenvalue weighted by molar-refractivity contribution is -0.133. The van der Waals surface area contributed by atoms with Crippen LogP contribution in [0.1, 0.15) is 49.1 Å². The lowest BCUT2D eigenvalue weighted by Crippen LogP contribution is -2.39. The van der Waals surface area contributed by atoms with Gasteiger partial charge in [-0.15, -0.1) is 0 Å². The molecule has 0 spiro atoms. The second-order valence-electron chi connectivity index (χ2n) is 7.72. The van der Waals surface area contributed by atoms with Gasteiger partial charge in [-0.3, -0.25) is 4.79 Å². The van der Waals surface area contributed by atoms with E-state index in [1.807, 2.05) is 4.90 Å². The summed E-state index contributed by atoms with van der Waals surface area (Å²) in [6.45, 7) is 3.91. The number of rotatable bonds is 4. The molecular formula is C18H25N3O2S. The van der Waals surface area contributed by atoms with Gasteiger partial charge in [0.1, 0.15) is 6.10 Å². The summed E-state index contributed by atoms with van der Waals surface area (Å²) in [6, 6.07) is 0.869. The fourth-order valence-electron chi connectivity index (χ4n) is 3.94. The lowest BCUT2D eigenvalue weighted by atomic mass is 10.1. The van der Waals surface area contributed by atoms with Crippen LogP contribution < -0.4 is 4.74 Å². The smallest absolute Gasteiger partial charge is 0.273 e. The van der Waals surface area contributed by atoms with Crippen LogP contribution in [0.2, 0.25) is 0 Å². The van der Waals surface area contributed by atoms with E-state index in [1.54, 1.807) is 11.3 Å². The first-order chi connectivity index (χ1) is 11.8. The Kier molecular flexibility index (Phi) is 3.78. The predicted octanol–water partition coefficient (Wildman–Crippen LogP) is 2.44. The van der Waals surface area contributed by atoms with Gasteiger partial charge >= 0.3 is 0 Å². The molecule has 0 bridgehead atoms. The van der Waals surface area contributed by atoms with Crippen molar-refractivity contribution in [3.63, 3.8) is 0 Å². The molecule has 4 aliphatic rings. The van der Waals surface area contributed by atoms with Gasteiger partial charge in [0.15, 0.2) is 0 Å². The number of hydrogen-bond acceptors (Lipinski definition) is 5. The SMILES string of the molecule is O=C(C1CC1)N1CCc2nc(OC3CCN(C4CC4)CC3)sc2C1. The normalized spacial score (nSPS) is 25.6. The van der Waals surface area contributed by atoms with Crippen LogP contribution in [0.4, 0.5) is 0 Å². The highest BCUT2D eigenvalue weighted by Crippen LogP contribution is 2.36. The van der Waals surface area contributed by atoms with Crippen molar-refractivity contribution in [2.45, 2.75) is 63.6 Å². The van der Waals surface area contributed by atoms with Gasteiger partial charge in [-0.2, -0.15) is 0 Å². The molecule has 1 aromatic heterocycles. The molecule has 2 aliphatic carbocycles. The zero-order chi connectivity index (χ0) is 16.1. The van der Waals surface area contributed by atoms with Crippen LogP contribution in [-0.4, -0.2) is 52.5 Å². The molecule has 5 rings (SSSR count). The third kappa shape index (κ3) is 3.06. The number of ether oxygens (including phenoxy) is 1. The Morgan fingerprint density at radius 2 is 1.88 bits per heavy atom. The van der Waals surface area contributed by atoms with Gasteiger partial charge in [0.2, 0.25) is 5.91 Å². The predicted molar refractivity (Wildman–Crippen MR) is 92.2 cm³/mol. The number of aromatic nitrogens is 1. The maximum Gasteiger partial charge on any atom is 0.273 e. The Labute approximate surface area is 147 Å². The van der Waals surface area contributed by atoms with E-state index in [0.717, 1.165) is 62.1 Å². The second-order valence-corrected chi connectivity index (χ2v) is 8.76. The average molecular weight is 347 g/mol. The van der Waals surface area contributed by atoms with E-state index in [-0.39, 0.29) is 0 Å². The van der Waals surface area contributed by atoms with E-state index >= 15 is 0 Å². The largest absolute Gasteiger partial charge is 0.467 e. The average Bonchev–Trinajstić information content (AvgIpc) is 3.50. The summed E-state index contributed by atoms with van der Waals surface area (Å²) in [4.78, 5) is 22.8. The zero-order valence-electron chi connectivity index (χ0n) is 14.1. The minimum atomic E-state index is 0.312. The third-order valence-corrected chi connectivity index (χ3v) is 6.73. The van der Waals surface area contributed by atoms with Gasteiger partial charge in [-0.05, 0) is 38.5 Å². The maximum absolute atomic E-state index is 12.3. The monoisotopic (exact) mass is 347 g/mol. The Morgan fingerprint density at radius 1 is 1.08 bits per heavy atom. The number of nitrogens with zero attached hydrogens (tertiary/aromatic N) is 3. The number of fused-ring (bicyclic) bond motifs is 1. The van der Waals surface area contributed by atoms with Crippen molar-refractivity contribution in [2.24, 2.45) is 5.92 Å². The molecule has 0 N–H and O–H groups in total. The number of amides is 1. The lowest BCUT2D eigenvalue weighted by Gasteiger charge is -2.31. The van der Waals surface area contributed by atoms with Crippen LogP contribution in [0.15, 0.2) is 0 Å². The quantitative estimate of drug-likeness (QED) is 0.839. The molecule has 24 heavy (non-hydrogen) atoms. The number of hydrogen-bond donors (Lipinski definition) is 0. The summed E-state index contributed by atoms with van der Waals surface area (Å²) in [7, 11) is 0. The van der Waals surface area contributed by atoms with Gasteiger partial charge in [-0.1, -0.05) is 11.3 Å². The van der Waals surface area contributed by atoms with Crippen molar-refractivity contribution in [2.75, 3.05) is 19.6 Å². The summed E-state index contributed by atoms with van der Waals surface area (Å²) >= 11 is 1.66. The number of carbonyl (C=O) groups excluding carboxylic acids is 1. The van der Waals surface area contributed by atoms with Crippen molar-refractivity contribution in [1.29, 1.82) is 0 Å². The summed E-state index contributed by atoms with van der Waals surface area (Å²) in [5.74, 6) is 0.663. The second kappa shape index (κ2) is 5.99. The molecule has 1 amide bonds. The molecule has 0 atom stereocenters. The van der Waals surface area contributed by atoms with E-state index in [4.69, 9.17) is 9.72 Å². The fraction of sp³-hybridized carbons (Fsp3) is 0.778. The summed E-state index contributed by atoms with van der Waals surface area (Å²) in [6.07, 6.45) is 8.38. The standard InChI is InChI=1S/C18H25N3O2S/c22-17(12-1-2-12)21-10-7-15-16(11-21)24-18(19-15)23-14-5-8-20(9-6-14)13-3-4-13/h12-14H,1-11H2.